The molecule has 0 unspecified atom stereocenters. The van der Waals surface area contributed by atoms with E-state index in [1.165, 1.54) is 19.4 Å². The highest BCUT2D eigenvalue weighted by Gasteiger charge is 2.28. The highest BCUT2D eigenvalue weighted by Crippen LogP contribution is 2.25. The summed E-state index contributed by atoms with van der Waals surface area (Å²) in [5, 5.41) is 1.39. The van der Waals surface area contributed by atoms with E-state index in [4.69, 9.17) is 11.6 Å². The zero-order valence-electron chi connectivity index (χ0n) is 13.1. The minimum absolute atomic E-state index is 0.131. The van der Waals surface area contributed by atoms with E-state index in [0.717, 1.165) is 22.5 Å². The third kappa shape index (κ3) is 6.18. The fourth-order valence-corrected chi connectivity index (χ4v) is 2.88. The Kier molecular flexibility index (Phi) is 6.80. The third-order valence-electron chi connectivity index (χ3n) is 2.75. The molecule has 1 rings (SSSR count). The lowest BCUT2D eigenvalue weighted by molar-refractivity contribution is -0.140. The van der Waals surface area contributed by atoms with Crippen LogP contribution in [0.4, 0.5) is 13.2 Å². The van der Waals surface area contributed by atoms with Gasteiger partial charge in [-0.05, 0) is 18.2 Å². The van der Waals surface area contributed by atoms with Gasteiger partial charge in [0.15, 0.2) is 6.61 Å². The maximum atomic E-state index is 12.1. The summed E-state index contributed by atoms with van der Waals surface area (Å²) in [7, 11) is -1.40. The van der Waals surface area contributed by atoms with Crippen molar-refractivity contribution in [3.8, 4) is 0 Å². The van der Waals surface area contributed by atoms with Gasteiger partial charge in [-0.25, -0.2) is 17.5 Å². The average molecular weight is 403 g/mol. The van der Waals surface area contributed by atoms with Gasteiger partial charge in [0.1, 0.15) is 11.4 Å². The predicted octanol–water partition coefficient (Wildman–Crippen LogP) is 1.43. The van der Waals surface area contributed by atoms with Gasteiger partial charge in [0.2, 0.25) is 10.0 Å². The number of benzene rings is 1. The standard InChI is InChI=1S/C13H14ClF3N2O5S/c1-19(2)25(22,23)10-5-8(3-4-9(10)14)12(21)24-6-11(20)18-7-13(15,16)17/h3-5H,6-7H2,1-2H3,(H,18,20). The van der Waals surface area contributed by atoms with Crippen molar-refractivity contribution in [1.82, 2.24) is 9.62 Å². The van der Waals surface area contributed by atoms with Crippen molar-refractivity contribution in [1.29, 1.82) is 0 Å². The van der Waals surface area contributed by atoms with Crippen molar-refractivity contribution < 1.29 is 35.9 Å². The number of carbonyl (C=O) groups excluding carboxylic acids is 2. The van der Waals surface area contributed by atoms with Gasteiger partial charge in [-0.3, -0.25) is 4.79 Å². The van der Waals surface area contributed by atoms with Crippen LogP contribution in [0.5, 0.6) is 0 Å². The lowest BCUT2D eigenvalue weighted by atomic mass is 10.2. The zero-order valence-corrected chi connectivity index (χ0v) is 14.6. The molecule has 0 spiro atoms. The molecular formula is C13H14ClF3N2O5S. The molecular weight excluding hydrogens is 389 g/mol. The molecule has 1 amide bonds. The minimum atomic E-state index is -4.59. The predicted molar refractivity (Wildman–Crippen MR) is 81.7 cm³/mol. The van der Waals surface area contributed by atoms with E-state index in [1.54, 1.807) is 0 Å². The maximum absolute atomic E-state index is 12.1. The number of amides is 1. The number of carbonyl (C=O) groups is 2. The molecule has 1 aromatic carbocycles. The van der Waals surface area contributed by atoms with Gasteiger partial charge in [0, 0.05) is 14.1 Å². The van der Waals surface area contributed by atoms with E-state index in [2.05, 4.69) is 4.74 Å². The van der Waals surface area contributed by atoms with Crippen LogP contribution in [-0.4, -0.2) is 58.0 Å². The Hall–Kier alpha value is -1.85. The van der Waals surface area contributed by atoms with Crippen molar-refractivity contribution in [2.24, 2.45) is 0 Å². The Labute approximate surface area is 146 Å². The number of nitrogens with one attached hydrogen (secondary N) is 1. The van der Waals surface area contributed by atoms with Crippen molar-refractivity contribution in [3.63, 3.8) is 0 Å². The van der Waals surface area contributed by atoms with Crippen LogP contribution in [0.25, 0.3) is 0 Å². The monoisotopic (exact) mass is 402 g/mol. The van der Waals surface area contributed by atoms with Crippen LogP contribution >= 0.6 is 11.6 Å². The second-order valence-corrected chi connectivity index (χ2v) is 7.43. The number of alkyl halides is 3. The largest absolute Gasteiger partial charge is 0.452 e. The maximum Gasteiger partial charge on any atom is 0.405 e. The number of ether oxygens (including phenoxy) is 1. The Morgan fingerprint density at radius 2 is 1.88 bits per heavy atom. The van der Waals surface area contributed by atoms with E-state index in [-0.39, 0.29) is 15.5 Å². The topological polar surface area (TPSA) is 92.8 Å². The molecule has 0 radical (unpaired) electrons. The molecule has 12 heteroatoms. The first-order valence-electron chi connectivity index (χ1n) is 6.57. The molecule has 1 N–H and O–H groups in total. The van der Waals surface area contributed by atoms with Crippen LogP contribution in [0.1, 0.15) is 10.4 Å². The Morgan fingerprint density at radius 1 is 1.28 bits per heavy atom. The normalized spacial score (nSPS) is 12.1. The van der Waals surface area contributed by atoms with Crippen LogP contribution in [0.3, 0.4) is 0 Å². The first kappa shape index (κ1) is 21.2. The van der Waals surface area contributed by atoms with Crippen LogP contribution in [0, 0.1) is 0 Å². The molecule has 25 heavy (non-hydrogen) atoms. The summed E-state index contributed by atoms with van der Waals surface area (Å²) in [6.07, 6.45) is -4.59. The number of rotatable bonds is 6. The number of nitrogens with zero attached hydrogens (tertiary/aromatic N) is 1. The third-order valence-corrected chi connectivity index (χ3v) is 5.04. The van der Waals surface area contributed by atoms with E-state index in [0.29, 0.717) is 0 Å². The van der Waals surface area contributed by atoms with E-state index in [1.807, 2.05) is 0 Å². The molecule has 0 saturated carbocycles. The molecule has 0 aliphatic heterocycles. The van der Waals surface area contributed by atoms with Crippen molar-refractivity contribution in [3.05, 3.63) is 28.8 Å². The number of sulfonamides is 1. The lowest BCUT2D eigenvalue weighted by Gasteiger charge is -2.13. The fraction of sp³-hybridized carbons (Fsp3) is 0.385. The van der Waals surface area contributed by atoms with E-state index < -0.39 is 41.2 Å². The molecule has 0 aliphatic rings. The Bertz CT molecular complexity index is 765. The second-order valence-electron chi connectivity index (χ2n) is 4.90. The highest BCUT2D eigenvalue weighted by molar-refractivity contribution is 7.89. The molecule has 1 aromatic rings. The quantitative estimate of drug-likeness (QED) is 0.726. The summed E-state index contributed by atoms with van der Waals surface area (Å²) in [5.74, 6) is -2.24. The Morgan fingerprint density at radius 3 is 2.40 bits per heavy atom. The van der Waals surface area contributed by atoms with E-state index in [9.17, 15) is 31.2 Å². The molecule has 0 aromatic heterocycles. The first-order valence-corrected chi connectivity index (χ1v) is 8.39. The van der Waals surface area contributed by atoms with Gasteiger partial charge in [-0.2, -0.15) is 13.2 Å². The SMILES string of the molecule is CN(C)S(=O)(=O)c1cc(C(=O)OCC(=O)NCC(F)(F)F)ccc1Cl. The van der Waals surface area contributed by atoms with Crippen LogP contribution in [0.15, 0.2) is 23.1 Å². The minimum Gasteiger partial charge on any atom is -0.452 e. The molecule has 140 valence electrons. The molecule has 0 heterocycles. The van der Waals surface area contributed by atoms with Gasteiger partial charge in [-0.15, -0.1) is 0 Å². The van der Waals surface area contributed by atoms with Crippen molar-refractivity contribution in [2.45, 2.75) is 11.1 Å². The summed E-state index contributed by atoms with van der Waals surface area (Å²) in [4.78, 5) is 22.7. The lowest BCUT2D eigenvalue weighted by Crippen LogP contribution is -2.36. The summed E-state index contributed by atoms with van der Waals surface area (Å²) >= 11 is 5.81. The summed E-state index contributed by atoms with van der Waals surface area (Å²) in [6.45, 7) is -2.51. The van der Waals surface area contributed by atoms with Crippen LogP contribution in [-0.2, 0) is 19.6 Å². The zero-order chi connectivity index (χ0) is 19.4. The Balaban J connectivity index is 2.82. The first-order chi connectivity index (χ1) is 11.3. The smallest absolute Gasteiger partial charge is 0.405 e. The van der Waals surface area contributed by atoms with Gasteiger partial charge in [0.05, 0.1) is 10.6 Å². The van der Waals surface area contributed by atoms with Gasteiger partial charge in [-0.1, -0.05) is 11.6 Å². The van der Waals surface area contributed by atoms with Gasteiger partial charge >= 0.3 is 12.1 Å². The molecule has 0 bridgehead atoms. The summed E-state index contributed by atoms with van der Waals surface area (Å²) in [5.41, 5.74) is -0.228. The molecule has 0 saturated heterocycles. The van der Waals surface area contributed by atoms with Gasteiger partial charge < -0.3 is 10.1 Å². The van der Waals surface area contributed by atoms with Gasteiger partial charge in [0.25, 0.3) is 5.91 Å². The van der Waals surface area contributed by atoms with Crippen molar-refractivity contribution >= 4 is 33.5 Å². The fourth-order valence-electron chi connectivity index (χ4n) is 1.49. The molecule has 0 fully saturated rings. The summed E-state index contributed by atoms with van der Waals surface area (Å²) < 4.78 is 65.4. The molecule has 0 atom stereocenters. The second kappa shape index (κ2) is 8.02. The number of esters is 1. The summed E-state index contributed by atoms with van der Waals surface area (Å²) in [6, 6.07) is 3.26. The average Bonchev–Trinajstić information content (AvgIpc) is 2.49. The van der Waals surface area contributed by atoms with E-state index >= 15 is 0 Å². The van der Waals surface area contributed by atoms with Crippen LogP contribution < -0.4 is 5.32 Å². The number of hydrogen-bond acceptors (Lipinski definition) is 5. The molecule has 0 aliphatic carbocycles. The van der Waals surface area contributed by atoms with Crippen molar-refractivity contribution in [2.75, 3.05) is 27.2 Å². The number of halogens is 4. The number of hydrogen-bond donors (Lipinski definition) is 1. The highest BCUT2D eigenvalue weighted by atomic mass is 35.5. The molecule has 7 nitrogen and oxygen atoms in total. The van der Waals surface area contributed by atoms with Crippen LogP contribution in [0.2, 0.25) is 5.02 Å².